The van der Waals surface area contributed by atoms with Crippen LogP contribution in [0.15, 0.2) is 74.1 Å². The Bertz CT molecular complexity index is 4610. The predicted octanol–water partition coefficient (Wildman–Crippen LogP) is 5.76. The maximum Gasteiger partial charge on any atom is 0.496 e. The van der Waals surface area contributed by atoms with Gasteiger partial charge in [0.25, 0.3) is 11.8 Å². The number of Topliss-reactive ketones (excluding diaryl/α,β-unsaturated/α-hetero) is 1. The Hall–Kier alpha value is -8.42. The molecule has 7 fully saturated rings. The van der Waals surface area contributed by atoms with Crippen LogP contribution in [0.1, 0.15) is 116 Å². The zero-order chi connectivity index (χ0) is 84.0. The molecule has 0 aromatic carbocycles. The van der Waals surface area contributed by atoms with Gasteiger partial charge in [0.05, 0.1) is 74.8 Å². The number of hydrazine groups is 1. The van der Waals surface area contributed by atoms with Crippen molar-refractivity contribution in [3.63, 3.8) is 0 Å². The molecule has 0 radical (unpaired) electrons. The Labute approximate surface area is 683 Å². The SMILES string of the molecule is CC1(C)OB(c2cnc(OCC(F)(F)F)c(F)c2)OC1(C)C.COC(=O)C1(O)CC1.COC(=O)C1(OC)CC1.COC1(C(=O)CNc2cnc(Cl)cn2)CC1.COC1(C(=O)O)CC1.COC1(c2nnc3cnc(-c4cnc(OCC(F)(F)F)c(F)c4)cn23)CC1.COC1(c2nnc3cnc(Cl)cn23)CC1.NNc1cnc(Cl)cn1.[I-]. The van der Waals surface area contributed by atoms with Crippen LogP contribution >= 0.6 is 34.8 Å². The first-order valence-electron chi connectivity index (χ1n) is 34.3. The smallest absolute Gasteiger partial charge is 0.496 e. The minimum atomic E-state index is -4.58. The van der Waals surface area contributed by atoms with Crippen molar-refractivity contribution in [1.29, 1.82) is 0 Å². The van der Waals surface area contributed by atoms with E-state index in [0.717, 1.165) is 69.3 Å². The van der Waals surface area contributed by atoms with Gasteiger partial charge in [0.15, 0.2) is 76.2 Å². The molecule has 628 valence electrons. The standard InChI is InChI=1S/C16H13F4N5O2.C13H16BF4NO3.C10H12ClN3O2.C9H9ClN4O.C6H10O3.2C5H8O3.C4H5ClN4.HI/c1-26-15(2-3-15)14-24-23-12-6-21-11(7-25(12)14)9-4-10(17)13(22-5-9)27-8-16(18,19)20;1-11(2)12(3,4)22-14(21-11)8-5-9(15)10(19-6-8)20-7-13(16,17)18;1-16-10(2-3-10)7(15)4-13-9-6-12-8(11)5-14-9;1-15-9(2-3-9)8-13-12-7-4-11-6(10)5-14(7)8;1-8-5(7)6(9-2)3-4-6;1-8-4(6)5(7)2-3-5;1-8-5(2-3-5)4(6)7;5-3-1-8-4(9-6)2-7-3;/h4-7H,2-3,8H2,1H3;5-6H,7H2,1-4H3;5-6H,2-4H2,1H3,(H,13,14);4-5H,2-3H2,1H3;3-4H2,1-2H3;7H,2-3H2,1H3;2-3H2,1H3,(H,6,7);1-2H,6H2,(H,8,9);1H/p-1. The van der Waals surface area contributed by atoms with Crippen LogP contribution in [0, 0.1) is 11.6 Å². The molecule has 8 aromatic heterocycles. The number of hydrogen-bond acceptors (Lipinski definition) is 31. The number of aromatic nitrogens is 14. The minimum Gasteiger partial charge on any atom is -1.00 e. The lowest BCUT2D eigenvalue weighted by atomic mass is 9.80. The molecule has 115 heavy (non-hydrogen) atoms. The van der Waals surface area contributed by atoms with Gasteiger partial charge in [-0.15, -0.1) is 20.4 Å². The Balaban J connectivity index is 0.000000189. The van der Waals surface area contributed by atoms with Gasteiger partial charge >= 0.3 is 37.4 Å². The molecular weight excluding hydrogens is 1720 g/mol. The average molecular weight is 1800 g/mol. The fraction of sp³-hybridized carbons (Fsp3) is 0.529. The van der Waals surface area contributed by atoms with Gasteiger partial charge in [-0.25, -0.2) is 63.9 Å². The van der Waals surface area contributed by atoms with Gasteiger partial charge in [-0.2, -0.15) is 26.3 Å². The molecule has 0 spiro atoms. The molecule has 47 heteroatoms. The third kappa shape index (κ3) is 25.1. The number of nitrogen functional groups attached to an aromatic ring is 1. The Morgan fingerprint density at radius 3 is 1.34 bits per heavy atom. The number of pyridine rings is 2. The Morgan fingerprint density at radius 2 is 0.983 bits per heavy atom. The molecular formula is C68H81BCl3F8IN17O17-. The number of anilines is 2. The first-order valence-corrected chi connectivity index (χ1v) is 35.5. The molecule has 1 aliphatic heterocycles. The normalized spacial score (nSPS) is 17.8. The Morgan fingerprint density at radius 1 is 0.539 bits per heavy atom. The van der Waals surface area contributed by atoms with E-state index >= 15 is 0 Å². The van der Waals surface area contributed by atoms with Crippen LogP contribution in [0.3, 0.4) is 0 Å². The van der Waals surface area contributed by atoms with E-state index in [1.54, 1.807) is 44.3 Å². The van der Waals surface area contributed by atoms with Gasteiger partial charge in [0, 0.05) is 71.4 Å². The van der Waals surface area contributed by atoms with Crippen molar-refractivity contribution in [3.8, 4) is 23.0 Å². The number of nitrogens with one attached hydrogen (secondary N) is 2. The number of carboxylic acids is 1. The zero-order valence-corrected chi connectivity index (χ0v) is 67.9. The van der Waals surface area contributed by atoms with Crippen LogP contribution in [0.5, 0.6) is 11.8 Å². The molecule has 9 heterocycles. The van der Waals surface area contributed by atoms with E-state index in [2.05, 4.69) is 90.0 Å². The van der Waals surface area contributed by atoms with Crippen LogP contribution in [0.2, 0.25) is 15.5 Å². The summed E-state index contributed by atoms with van der Waals surface area (Å²) in [7, 11) is 9.62. The number of hydrogen-bond donors (Lipinski definition) is 5. The number of fused-ring (bicyclic) bond motifs is 2. The molecule has 0 unspecified atom stereocenters. The third-order valence-electron chi connectivity index (χ3n) is 18.6. The van der Waals surface area contributed by atoms with Crippen molar-refractivity contribution < 1.29 is 140 Å². The number of methoxy groups -OCH3 is 7. The summed E-state index contributed by atoms with van der Waals surface area (Å²) in [6.45, 7) is 4.30. The summed E-state index contributed by atoms with van der Waals surface area (Å²) in [5.41, 5.74) is -0.567. The number of alkyl halides is 6. The summed E-state index contributed by atoms with van der Waals surface area (Å²) >= 11 is 16.9. The van der Waals surface area contributed by atoms with Crippen LogP contribution in [-0.4, -0.2) is 226 Å². The van der Waals surface area contributed by atoms with Gasteiger partial charge < -0.3 is 96.9 Å². The number of aliphatic carboxylic acids is 1. The highest BCUT2D eigenvalue weighted by molar-refractivity contribution is 6.62. The molecule has 6 saturated carbocycles. The van der Waals surface area contributed by atoms with Gasteiger partial charge in [0.2, 0.25) is 0 Å². The minimum absolute atomic E-state index is 0. The fourth-order valence-electron chi connectivity index (χ4n) is 10.00. The number of rotatable bonds is 21. The van der Waals surface area contributed by atoms with Crippen LogP contribution in [0.25, 0.3) is 22.6 Å². The maximum absolute atomic E-state index is 14.1. The zero-order valence-electron chi connectivity index (χ0n) is 63.5. The third-order valence-corrected chi connectivity index (χ3v) is 19.2. The fourth-order valence-corrected chi connectivity index (χ4v) is 10.3. The monoisotopic (exact) mass is 1800 g/mol. The average Bonchev–Trinajstić information content (AvgIpc) is 1.62. The van der Waals surface area contributed by atoms with E-state index in [0.29, 0.717) is 75.6 Å². The molecule has 6 N–H and O–H groups in total. The van der Waals surface area contributed by atoms with Crippen molar-refractivity contribution in [3.05, 3.63) is 113 Å². The van der Waals surface area contributed by atoms with E-state index in [4.69, 9.17) is 83.9 Å². The summed E-state index contributed by atoms with van der Waals surface area (Å²) in [5, 5.41) is 37.6. The molecule has 6 aliphatic carbocycles. The van der Waals surface area contributed by atoms with Gasteiger partial charge in [0.1, 0.15) is 38.1 Å². The molecule has 1 saturated heterocycles. The molecule has 0 amide bonds. The summed E-state index contributed by atoms with van der Waals surface area (Å²) in [6.07, 6.45) is 14.6. The molecule has 34 nitrogen and oxygen atoms in total. The van der Waals surface area contributed by atoms with E-state index in [1.807, 2.05) is 32.1 Å². The van der Waals surface area contributed by atoms with Crippen molar-refractivity contribution in [2.75, 3.05) is 80.3 Å². The molecule has 15 rings (SSSR count). The second-order valence-corrected chi connectivity index (χ2v) is 28.3. The highest BCUT2D eigenvalue weighted by Crippen LogP contribution is 2.49. The second kappa shape index (κ2) is 38.8. The van der Waals surface area contributed by atoms with Crippen LogP contribution in [0.4, 0.5) is 46.8 Å². The van der Waals surface area contributed by atoms with Crippen LogP contribution < -0.4 is 55.5 Å². The number of carboxylic acid groups (broad SMARTS) is 1. The number of esters is 2. The topological polar surface area (TPSA) is 424 Å². The second-order valence-electron chi connectivity index (χ2n) is 27.1. The lowest BCUT2D eigenvalue weighted by molar-refractivity contribution is -0.155. The first-order chi connectivity index (χ1) is 53.6. The van der Waals surface area contributed by atoms with Crippen molar-refractivity contribution in [1.82, 2.24) is 69.1 Å². The number of carbonyl (C=O) groups is 4. The highest BCUT2D eigenvalue weighted by Gasteiger charge is 2.55. The van der Waals surface area contributed by atoms with Crippen molar-refractivity contribution in [2.45, 2.75) is 162 Å². The van der Waals surface area contributed by atoms with Gasteiger partial charge in [-0.1, -0.05) is 34.8 Å². The number of ketones is 1. The van der Waals surface area contributed by atoms with Gasteiger partial charge in [-0.05, 0) is 117 Å². The van der Waals surface area contributed by atoms with Gasteiger partial charge in [-0.3, -0.25) is 18.6 Å². The van der Waals surface area contributed by atoms with Crippen LogP contribution in [-0.2, 0) is 72.8 Å². The summed E-state index contributed by atoms with van der Waals surface area (Å²) in [5.74, 6) is 2.47. The number of halogens is 12. The first kappa shape index (κ1) is 93.7. The number of ether oxygens (including phenoxy) is 9. The number of nitrogens with two attached hydrogens (primary N) is 1. The lowest BCUT2D eigenvalue weighted by Gasteiger charge is -2.32. The van der Waals surface area contributed by atoms with Crippen molar-refractivity contribution >= 4 is 94.0 Å². The number of nitrogens with zero attached hydrogens (tertiary/aromatic N) is 14. The predicted molar refractivity (Wildman–Crippen MR) is 387 cm³/mol. The molecule has 0 bridgehead atoms. The maximum atomic E-state index is 14.1. The van der Waals surface area contributed by atoms with E-state index in [9.17, 15) is 54.3 Å². The quantitative estimate of drug-likeness (QED) is 0.0142. The largest absolute Gasteiger partial charge is 1.00 e. The van der Waals surface area contributed by atoms with E-state index in [-0.39, 0.29) is 58.9 Å². The van der Waals surface area contributed by atoms with E-state index in [1.165, 1.54) is 71.8 Å². The molecule has 0 atom stereocenters. The molecule has 7 aliphatic rings. The summed E-state index contributed by atoms with van der Waals surface area (Å²) in [4.78, 5) is 73.8. The Kier molecular flexibility index (Phi) is 31.6. The summed E-state index contributed by atoms with van der Waals surface area (Å²) < 4.78 is 159. The van der Waals surface area contributed by atoms with Crippen molar-refractivity contribution in [2.24, 2.45) is 5.84 Å². The van der Waals surface area contributed by atoms with E-state index < -0.39 is 107 Å². The number of aliphatic hydroxyl groups is 1. The highest BCUT2D eigenvalue weighted by atomic mass is 127. The molecule has 8 aromatic rings. The lowest BCUT2D eigenvalue weighted by Crippen LogP contribution is -3.00. The summed E-state index contributed by atoms with van der Waals surface area (Å²) in [6, 6.07) is 2.01. The number of carbonyl (C=O) groups excluding carboxylic acids is 3.